The van der Waals surface area contributed by atoms with Gasteiger partial charge >= 0.3 is 5.97 Å². The number of amides is 3. The predicted molar refractivity (Wildman–Crippen MR) is 137 cm³/mol. The van der Waals surface area contributed by atoms with E-state index in [4.69, 9.17) is 4.74 Å². The van der Waals surface area contributed by atoms with Crippen molar-refractivity contribution < 1.29 is 28.3 Å². The topological polar surface area (TPSA) is 138 Å². The van der Waals surface area contributed by atoms with Crippen LogP contribution in [0.25, 0.3) is 5.65 Å². The molecular formula is C26H28FN7O5. The first-order valence-electron chi connectivity index (χ1n) is 12.4. The van der Waals surface area contributed by atoms with E-state index in [1.54, 1.807) is 35.0 Å². The average Bonchev–Trinajstić information content (AvgIpc) is 3.44. The second kappa shape index (κ2) is 9.64. The Kier molecular flexibility index (Phi) is 6.44. The van der Waals surface area contributed by atoms with E-state index in [1.807, 2.05) is 20.8 Å². The molecule has 39 heavy (non-hydrogen) atoms. The number of likely N-dealkylation sites (tertiary alicyclic amines) is 1. The molecule has 1 aromatic carbocycles. The van der Waals surface area contributed by atoms with E-state index >= 15 is 0 Å². The van der Waals surface area contributed by atoms with Crippen LogP contribution >= 0.6 is 0 Å². The first-order valence-corrected chi connectivity index (χ1v) is 12.4. The number of rotatable bonds is 5. The van der Waals surface area contributed by atoms with E-state index in [0.29, 0.717) is 24.4 Å². The molecule has 1 atom stereocenters. The van der Waals surface area contributed by atoms with Crippen molar-refractivity contribution in [1.82, 2.24) is 30.1 Å². The number of nitrogens with one attached hydrogen (secondary N) is 2. The van der Waals surface area contributed by atoms with Gasteiger partial charge < -0.3 is 25.2 Å². The number of halogens is 1. The monoisotopic (exact) mass is 537 g/mol. The zero-order valence-corrected chi connectivity index (χ0v) is 21.9. The zero-order chi connectivity index (χ0) is 28.1. The number of aromatic nitrogens is 3. The Labute approximate surface area is 223 Å². The summed E-state index contributed by atoms with van der Waals surface area (Å²) in [5.41, 5.74) is 0.421. The molecule has 1 unspecified atom stereocenters. The number of ether oxygens (including phenoxy) is 1. The first-order chi connectivity index (χ1) is 18.4. The quantitative estimate of drug-likeness (QED) is 0.367. The van der Waals surface area contributed by atoms with Gasteiger partial charge in [0.1, 0.15) is 24.0 Å². The van der Waals surface area contributed by atoms with E-state index in [9.17, 15) is 23.6 Å². The standard InChI is InChI=1S/C26H28FN7O5/c1-26(2,3)33-8-7-16(25(33)38)31-24(37)19-10-17(30-22-15(27)12-29-34(19)22)23(36)28-11-14-5-6-20-18(9-14)32(4)13-21(35)39-20/h5-6,9-10,12,16H,7-8,11,13H2,1-4H3,(H,28,36)(H,31,37). The molecular weight excluding hydrogens is 509 g/mol. The molecule has 5 rings (SSSR count). The van der Waals surface area contributed by atoms with Gasteiger partial charge in [-0.15, -0.1) is 0 Å². The van der Waals surface area contributed by atoms with E-state index < -0.39 is 29.2 Å². The molecule has 3 aromatic rings. The fraction of sp³-hybridized carbons (Fsp3) is 0.385. The summed E-state index contributed by atoms with van der Waals surface area (Å²) < 4.78 is 20.7. The van der Waals surface area contributed by atoms with Gasteiger partial charge in [0, 0.05) is 31.7 Å². The Morgan fingerprint density at radius 2 is 1.95 bits per heavy atom. The zero-order valence-electron chi connectivity index (χ0n) is 21.9. The lowest BCUT2D eigenvalue weighted by Gasteiger charge is -2.32. The maximum atomic E-state index is 14.4. The average molecular weight is 538 g/mol. The molecule has 2 aromatic heterocycles. The third kappa shape index (κ3) is 4.99. The molecule has 3 amide bonds. The first kappa shape index (κ1) is 26.1. The van der Waals surface area contributed by atoms with Gasteiger partial charge in [-0.25, -0.2) is 18.7 Å². The minimum atomic E-state index is -0.804. The lowest BCUT2D eigenvalue weighted by molar-refractivity contribution is -0.134. The van der Waals surface area contributed by atoms with E-state index in [0.717, 1.165) is 16.3 Å². The Hall–Kier alpha value is -4.55. The highest BCUT2D eigenvalue weighted by Gasteiger charge is 2.38. The second-order valence-electron chi connectivity index (χ2n) is 10.5. The highest BCUT2D eigenvalue weighted by atomic mass is 19.1. The molecule has 12 nitrogen and oxygen atoms in total. The number of hydrogen-bond acceptors (Lipinski definition) is 8. The Morgan fingerprint density at radius 1 is 1.18 bits per heavy atom. The number of fused-ring (bicyclic) bond motifs is 2. The summed E-state index contributed by atoms with van der Waals surface area (Å²) in [6.45, 7) is 6.44. The van der Waals surface area contributed by atoms with Crippen LogP contribution < -0.4 is 20.3 Å². The van der Waals surface area contributed by atoms with Gasteiger partial charge in [0.05, 0.1) is 11.9 Å². The smallest absolute Gasteiger partial charge is 0.330 e. The lowest BCUT2D eigenvalue weighted by atomic mass is 10.1. The molecule has 0 spiro atoms. The number of benzene rings is 1. The maximum Gasteiger partial charge on any atom is 0.330 e. The SMILES string of the molecule is CN1CC(=O)Oc2ccc(CNC(=O)c3cc(C(=O)NC4CCN(C(C)(C)C)C4=O)n4ncc(F)c4n3)cc21. The molecule has 1 saturated heterocycles. The summed E-state index contributed by atoms with van der Waals surface area (Å²) in [6, 6.07) is 5.60. The summed E-state index contributed by atoms with van der Waals surface area (Å²) in [6.07, 6.45) is 1.32. The van der Waals surface area contributed by atoms with Crippen LogP contribution in [-0.4, -0.2) is 74.9 Å². The molecule has 1 fully saturated rings. The number of carbonyl (C=O) groups excluding carboxylic acids is 4. The molecule has 2 aliphatic rings. The highest BCUT2D eigenvalue weighted by molar-refractivity contribution is 6.00. The maximum absolute atomic E-state index is 14.4. The van der Waals surface area contributed by atoms with Crippen LogP contribution in [0.4, 0.5) is 10.1 Å². The molecule has 4 heterocycles. The van der Waals surface area contributed by atoms with Crippen LogP contribution in [0.5, 0.6) is 5.75 Å². The minimum Gasteiger partial charge on any atom is -0.423 e. The Balaban J connectivity index is 1.35. The van der Waals surface area contributed by atoms with Crippen LogP contribution in [-0.2, 0) is 16.1 Å². The summed E-state index contributed by atoms with van der Waals surface area (Å²) in [5, 5.41) is 9.30. The van der Waals surface area contributed by atoms with E-state index in [1.165, 1.54) is 6.07 Å². The van der Waals surface area contributed by atoms with Gasteiger partial charge in [0.2, 0.25) is 5.91 Å². The van der Waals surface area contributed by atoms with E-state index in [2.05, 4.69) is 20.7 Å². The van der Waals surface area contributed by atoms with Crippen molar-refractivity contribution in [3.05, 3.63) is 53.2 Å². The van der Waals surface area contributed by atoms with Crippen molar-refractivity contribution in [3.63, 3.8) is 0 Å². The van der Waals surface area contributed by atoms with Gasteiger partial charge in [-0.1, -0.05) is 6.07 Å². The number of likely N-dealkylation sites (N-methyl/N-ethyl adjacent to an activating group) is 1. The fourth-order valence-electron chi connectivity index (χ4n) is 4.69. The molecule has 204 valence electrons. The second-order valence-corrected chi connectivity index (χ2v) is 10.5. The van der Waals surface area contributed by atoms with Crippen molar-refractivity contribution in [2.45, 2.75) is 45.3 Å². The molecule has 0 bridgehead atoms. The van der Waals surface area contributed by atoms with Gasteiger partial charge in [-0.3, -0.25) is 14.4 Å². The molecule has 13 heteroatoms. The van der Waals surface area contributed by atoms with Crippen molar-refractivity contribution in [1.29, 1.82) is 0 Å². The van der Waals surface area contributed by atoms with Gasteiger partial charge in [0.25, 0.3) is 11.8 Å². The third-order valence-electron chi connectivity index (χ3n) is 6.69. The Bertz CT molecular complexity index is 1510. The minimum absolute atomic E-state index is 0.100. The van der Waals surface area contributed by atoms with Gasteiger partial charge in [-0.2, -0.15) is 5.10 Å². The predicted octanol–water partition coefficient (Wildman–Crippen LogP) is 1.28. The summed E-state index contributed by atoms with van der Waals surface area (Å²) in [4.78, 5) is 58.2. The number of esters is 1. The Morgan fingerprint density at radius 3 is 2.67 bits per heavy atom. The molecule has 0 saturated carbocycles. The number of hydrogen-bond donors (Lipinski definition) is 2. The van der Waals surface area contributed by atoms with Crippen LogP contribution in [0.1, 0.15) is 53.7 Å². The van der Waals surface area contributed by atoms with Crippen LogP contribution in [0.2, 0.25) is 0 Å². The van der Waals surface area contributed by atoms with Crippen LogP contribution in [0, 0.1) is 5.82 Å². The van der Waals surface area contributed by atoms with Crippen molar-refractivity contribution in [2.75, 3.05) is 25.0 Å². The third-order valence-corrected chi connectivity index (χ3v) is 6.69. The molecule has 0 aliphatic carbocycles. The van der Waals surface area contributed by atoms with E-state index in [-0.39, 0.29) is 42.0 Å². The van der Waals surface area contributed by atoms with Crippen LogP contribution in [0.3, 0.4) is 0 Å². The molecule has 0 radical (unpaired) electrons. The van der Waals surface area contributed by atoms with Gasteiger partial charge in [0.15, 0.2) is 17.2 Å². The summed E-state index contributed by atoms with van der Waals surface area (Å²) in [7, 11) is 1.76. The molecule has 2 aliphatic heterocycles. The lowest BCUT2D eigenvalue weighted by Crippen LogP contribution is -2.48. The number of carbonyl (C=O) groups is 4. The highest BCUT2D eigenvalue weighted by Crippen LogP contribution is 2.32. The molecule has 2 N–H and O–H groups in total. The summed E-state index contributed by atoms with van der Waals surface area (Å²) in [5.74, 6) is -2.27. The number of nitrogens with zero attached hydrogens (tertiary/aromatic N) is 5. The fourth-order valence-corrected chi connectivity index (χ4v) is 4.69. The normalized spacial score (nSPS) is 17.3. The van der Waals surface area contributed by atoms with Crippen molar-refractivity contribution in [3.8, 4) is 5.75 Å². The summed E-state index contributed by atoms with van der Waals surface area (Å²) >= 11 is 0. The van der Waals surface area contributed by atoms with Gasteiger partial charge in [-0.05, 0) is 44.9 Å². The largest absolute Gasteiger partial charge is 0.423 e. The number of anilines is 1. The van der Waals surface area contributed by atoms with Crippen molar-refractivity contribution in [2.24, 2.45) is 0 Å². The van der Waals surface area contributed by atoms with Crippen molar-refractivity contribution >= 4 is 35.0 Å². The van der Waals surface area contributed by atoms with Crippen LogP contribution in [0.15, 0.2) is 30.5 Å².